The van der Waals surface area contributed by atoms with Crippen molar-refractivity contribution in [1.29, 1.82) is 0 Å². The van der Waals surface area contributed by atoms with Gasteiger partial charge < -0.3 is 4.90 Å². The number of thiophene rings is 1. The van der Waals surface area contributed by atoms with Gasteiger partial charge in [0.2, 0.25) is 15.9 Å². The van der Waals surface area contributed by atoms with Crippen LogP contribution in [-0.4, -0.2) is 38.4 Å². The first-order valence-electron chi connectivity index (χ1n) is 9.95. The van der Waals surface area contributed by atoms with E-state index in [0.29, 0.717) is 36.6 Å². The molecule has 1 N–H and O–H groups in total. The Labute approximate surface area is 170 Å². The van der Waals surface area contributed by atoms with Gasteiger partial charge in [-0.15, -0.1) is 11.3 Å². The van der Waals surface area contributed by atoms with Crippen LogP contribution < -0.4 is 4.72 Å². The van der Waals surface area contributed by atoms with Gasteiger partial charge in [-0.2, -0.15) is 0 Å². The van der Waals surface area contributed by atoms with Gasteiger partial charge in [0.05, 0.1) is 6.42 Å². The van der Waals surface area contributed by atoms with Crippen LogP contribution in [0, 0.1) is 0 Å². The summed E-state index contributed by atoms with van der Waals surface area (Å²) in [5, 5.41) is 1.76. The quantitative estimate of drug-likeness (QED) is 0.811. The van der Waals surface area contributed by atoms with Gasteiger partial charge in [0, 0.05) is 19.1 Å². The maximum Gasteiger partial charge on any atom is 0.250 e. The van der Waals surface area contributed by atoms with E-state index in [-0.39, 0.29) is 11.9 Å². The molecule has 0 atom stereocenters. The molecule has 28 heavy (non-hydrogen) atoms. The monoisotopic (exact) mass is 418 g/mol. The molecule has 2 aliphatic rings. The van der Waals surface area contributed by atoms with Gasteiger partial charge in [0.25, 0.3) is 0 Å². The number of carbonyl (C=O) groups is 1. The van der Waals surface area contributed by atoms with Crippen molar-refractivity contribution in [3.05, 3.63) is 52.4 Å². The fourth-order valence-electron chi connectivity index (χ4n) is 4.12. The first kappa shape index (κ1) is 19.6. The second kappa shape index (κ2) is 8.35. The van der Waals surface area contributed by atoms with E-state index in [4.69, 9.17) is 0 Å². The smallest absolute Gasteiger partial charge is 0.250 e. The van der Waals surface area contributed by atoms with Crippen molar-refractivity contribution in [1.82, 2.24) is 9.62 Å². The van der Waals surface area contributed by atoms with E-state index >= 15 is 0 Å². The zero-order valence-electron chi connectivity index (χ0n) is 15.9. The van der Waals surface area contributed by atoms with Crippen molar-refractivity contribution >= 4 is 27.3 Å². The molecule has 1 saturated heterocycles. The van der Waals surface area contributed by atoms with Gasteiger partial charge in [0.1, 0.15) is 4.21 Å². The van der Waals surface area contributed by atoms with Gasteiger partial charge in [-0.25, -0.2) is 13.1 Å². The molecule has 4 rings (SSSR count). The zero-order chi connectivity index (χ0) is 19.6. The molecule has 1 aliphatic heterocycles. The van der Waals surface area contributed by atoms with Gasteiger partial charge >= 0.3 is 0 Å². The van der Waals surface area contributed by atoms with E-state index in [0.717, 1.165) is 18.4 Å². The number of aryl methyl sites for hydroxylation is 2. The van der Waals surface area contributed by atoms with Crippen LogP contribution in [-0.2, 0) is 34.1 Å². The van der Waals surface area contributed by atoms with Gasteiger partial charge in [0.15, 0.2) is 0 Å². The SMILES string of the molecule is O=C(Cc1ccc2c(c1)CCCC2)N1CCC(NS(=O)(=O)c2cccs2)CC1. The van der Waals surface area contributed by atoms with Gasteiger partial charge in [-0.3, -0.25) is 4.79 Å². The molecule has 0 radical (unpaired) electrons. The Bertz CT molecular complexity index is 931. The van der Waals surface area contributed by atoms with E-state index in [2.05, 4.69) is 22.9 Å². The van der Waals surface area contributed by atoms with Crippen LogP contribution in [0.2, 0.25) is 0 Å². The summed E-state index contributed by atoms with van der Waals surface area (Å²) in [5.41, 5.74) is 3.92. The lowest BCUT2D eigenvalue weighted by molar-refractivity contribution is -0.131. The van der Waals surface area contributed by atoms with Crippen molar-refractivity contribution in [2.45, 2.75) is 55.2 Å². The summed E-state index contributed by atoms with van der Waals surface area (Å²) < 4.78 is 27.8. The van der Waals surface area contributed by atoms with E-state index in [1.807, 2.05) is 4.90 Å². The van der Waals surface area contributed by atoms with Crippen molar-refractivity contribution in [3.8, 4) is 0 Å². The summed E-state index contributed by atoms with van der Waals surface area (Å²) in [6.07, 6.45) is 6.50. The lowest BCUT2D eigenvalue weighted by Crippen LogP contribution is -2.46. The maximum atomic E-state index is 12.7. The van der Waals surface area contributed by atoms with Gasteiger partial charge in [-0.05, 0) is 66.7 Å². The third-order valence-electron chi connectivity index (χ3n) is 5.70. The maximum absolute atomic E-state index is 12.7. The van der Waals surface area contributed by atoms with E-state index in [1.54, 1.807) is 17.5 Å². The van der Waals surface area contributed by atoms with Crippen molar-refractivity contribution in [3.63, 3.8) is 0 Å². The van der Waals surface area contributed by atoms with Crippen LogP contribution in [0.25, 0.3) is 0 Å². The molecule has 0 saturated carbocycles. The van der Waals surface area contributed by atoms with Crippen molar-refractivity contribution in [2.24, 2.45) is 0 Å². The highest BCUT2D eigenvalue weighted by molar-refractivity contribution is 7.91. The number of piperidine rings is 1. The summed E-state index contributed by atoms with van der Waals surface area (Å²) in [6, 6.07) is 9.71. The molecule has 1 aliphatic carbocycles. The minimum atomic E-state index is -3.45. The largest absolute Gasteiger partial charge is 0.342 e. The molecule has 1 aromatic carbocycles. The highest BCUT2D eigenvalue weighted by Crippen LogP contribution is 2.23. The Hall–Kier alpha value is -1.70. The highest BCUT2D eigenvalue weighted by atomic mass is 32.2. The molecule has 5 nitrogen and oxygen atoms in total. The Morgan fingerprint density at radius 3 is 2.57 bits per heavy atom. The average molecular weight is 419 g/mol. The van der Waals surface area contributed by atoms with Crippen LogP contribution in [0.4, 0.5) is 0 Å². The summed E-state index contributed by atoms with van der Waals surface area (Å²) in [4.78, 5) is 14.6. The number of nitrogens with zero attached hydrogens (tertiary/aromatic N) is 1. The van der Waals surface area contributed by atoms with Crippen LogP contribution in [0.3, 0.4) is 0 Å². The third-order valence-corrected chi connectivity index (χ3v) is 8.62. The van der Waals surface area contributed by atoms with Crippen LogP contribution in [0.1, 0.15) is 42.4 Å². The Balaban J connectivity index is 1.30. The van der Waals surface area contributed by atoms with Crippen molar-refractivity contribution in [2.75, 3.05) is 13.1 Å². The number of hydrogen-bond donors (Lipinski definition) is 1. The predicted molar refractivity (Wildman–Crippen MR) is 111 cm³/mol. The average Bonchev–Trinajstić information content (AvgIpc) is 3.24. The minimum absolute atomic E-state index is 0.111. The third kappa shape index (κ3) is 4.47. The number of benzene rings is 1. The summed E-state index contributed by atoms with van der Waals surface area (Å²) in [5.74, 6) is 0.135. The van der Waals surface area contributed by atoms with Gasteiger partial charge in [-0.1, -0.05) is 24.3 Å². The molecule has 1 amide bonds. The zero-order valence-corrected chi connectivity index (χ0v) is 17.5. The molecule has 0 bridgehead atoms. The number of amides is 1. The number of fused-ring (bicyclic) bond motifs is 1. The molecule has 0 spiro atoms. The molecular weight excluding hydrogens is 392 g/mol. The second-order valence-electron chi connectivity index (χ2n) is 7.70. The van der Waals surface area contributed by atoms with Crippen molar-refractivity contribution < 1.29 is 13.2 Å². The number of rotatable bonds is 5. The molecule has 2 heterocycles. The summed E-state index contributed by atoms with van der Waals surface area (Å²) >= 11 is 1.22. The fourth-order valence-corrected chi connectivity index (χ4v) is 6.44. The number of sulfonamides is 1. The number of likely N-dealkylation sites (tertiary alicyclic amines) is 1. The second-order valence-corrected chi connectivity index (χ2v) is 10.6. The van der Waals surface area contributed by atoms with Crippen LogP contribution in [0.5, 0.6) is 0 Å². The topological polar surface area (TPSA) is 66.5 Å². The Kier molecular flexibility index (Phi) is 5.85. The van der Waals surface area contributed by atoms with Crippen LogP contribution in [0.15, 0.2) is 39.9 Å². The predicted octanol–water partition coefficient (Wildman–Crippen LogP) is 3.14. The van der Waals surface area contributed by atoms with E-state index in [9.17, 15) is 13.2 Å². The molecule has 1 aromatic heterocycles. The molecular formula is C21H26N2O3S2. The normalized spacial score (nSPS) is 18.1. The lowest BCUT2D eigenvalue weighted by Gasteiger charge is -2.32. The van der Waals surface area contributed by atoms with E-state index < -0.39 is 10.0 Å². The van der Waals surface area contributed by atoms with Crippen LogP contribution >= 0.6 is 11.3 Å². The Morgan fingerprint density at radius 1 is 1.11 bits per heavy atom. The molecule has 2 aromatic rings. The fraction of sp³-hybridized carbons (Fsp3) is 0.476. The summed E-state index contributed by atoms with van der Waals surface area (Å²) in [7, 11) is -3.45. The highest BCUT2D eigenvalue weighted by Gasteiger charge is 2.27. The lowest BCUT2D eigenvalue weighted by atomic mass is 9.90. The minimum Gasteiger partial charge on any atom is -0.342 e. The Morgan fingerprint density at radius 2 is 1.86 bits per heavy atom. The van der Waals surface area contributed by atoms with E-state index in [1.165, 1.54) is 35.3 Å². The molecule has 1 fully saturated rings. The number of hydrogen-bond acceptors (Lipinski definition) is 4. The number of carbonyl (C=O) groups excluding carboxylic acids is 1. The first-order valence-corrected chi connectivity index (χ1v) is 12.3. The number of nitrogens with one attached hydrogen (secondary N) is 1. The molecule has 0 unspecified atom stereocenters. The molecule has 150 valence electrons. The standard InChI is InChI=1S/C21H26N2O3S2/c24-20(15-16-7-8-17-4-1-2-5-18(17)14-16)23-11-9-19(10-12-23)22-28(25,26)21-6-3-13-27-21/h3,6-8,13-14,19,22H,1-2,4-5,9-12,15H2. The molecule has 7 heteroatoms. The summed E-state index contributed by atoms with van der Waals surface area (Å²) in [6.45, 7) is 1.20. The first-order chi connectivity index (χ1) is 13.5.